The van der Waals surface area contributed by atoms with Gasteiger partial charge in [0.15, 0.2) is 0 Å². The van der Waals surface area contributed by atoms with E-state index in [4.69, 9.17) is 5.11 Å². The summed E-state index contributed by atoms with van der Waals surface area (Å²) in [6.07, 6.45) is 1.84. The first-order valence-electron chi connectivity index (χ1n) is 7.89. The van der Waals surface area contributed by atoms with Crippen molar-refractivity contribution in [2.45, 2.75) is 25.3 Å². The van der Waals surface area contributed by atoms with Crippen LogP contribution in [0.5, 0.6) is 0 Å². The van der Waals surface area contributed by atoms with Crippen LogP contribution in [-0.4, -0.2) is 41.0 Å². The minimum Gasteiger partial charge on any atom is -0.480 e. The Labute approximate surface area is 134 Å². The van der Waals surface area contributed by atoms with Gasteiger partial charge in [-0.1, -0.05) is 36.4 Å². The minimum absolute atomic E-state index is 0.0857. The fourth-order valence-electron chi connectivity index (χ4n) is 3.17. The number of aliphatic carboxylic acids is 1. The molecule has 0 saturated carbocycles. The summed E-state index contributed by atoms with van der Waals surface area (Å²) in [4.78, 5) is 25.2. The molecular formula is C18H20N2O3. The summed E-state index contributed by atoms with van der Waals surface area (Å²) in [7, 11) is 0. The molecule has 5 nitrogen and oxygen atoms in total. The van der Waals surface area contributed by atoms with Crippen molar-refractivity contribution in [1.29, 1.82) is 0 Å². The number of nitrogens with one attached hydrogen (secondary N) is 1. The first-order valence-corrected chi connectivity index (χ1v) is 7.89. The molecule has 1 fully saturated rings. The molecule has 1 amide bonds. The third-order valence-corrected chi connectivity index (χ3v) is 4.34. The predicted molar refractivity (Wildman–Crippen MR) is 89.4 cm³/mol. The molecule has 0 unspecified atom stereocenters. The molecule has 1 aliphatic heterocycles. The van der Waals surface area contributed by atoms with Crippen LogP contribution in [0, 0.1) is 0 Å². The van der Waals surface area contributed by atoms with Gasteiger partial charge < -0.3 is 10.4 Å². The van der Waals surface area contributed by atoms with Crippen molar-refractivity contribution in [2.75, 3.05) is 18.4 Å². The quantitative estimate of drug-likeness (QED) is 0.890. The number of fused-ring (bicyclic) bond motifs is 1. The van der Waals surface area contributed by atoms with Gasteiger partial charge in [0, 0.05) is 24.0 Å². The van der Waals surface area contributed by atoms with E-state index in [2.05, 4.69) is 5.32 Å². The van der Waals surface area contributed by atoms with Gasteiger partial charge in [0.25, 0.3) is 0 Å². The molecular weight excluding hydrogens is 292 g/mol. The number of rotatable bonds is 5. The standard InChI is InChI=1S/C18H20N2O3/c21-17(10-12-20-11-4-9-16(20)18(22)23)19-15-8-3-6-13-5-1-2-7-14(13)15/h1-3,5-8,16H,4,9-12H2,(H,19,21)(H,22,23)/t16-/m1/s1. The fourth-order valence-corrected chi connectivity index (χ4v) is 3.17. The van der Waals surface area contributed by atoms with Crippen LogP contribution < -0.4 is 5.32 Å². The Morgan fingerprint density at radius 1 is 1.17 bits per heavy atom. The molecule has 0 aromatic heterocycles. The Morgan fingerprint density at radius 2 is 1.96 bits per heavy atom. The van der Waals surface area contributed by atoms with E-state index in [9.17, 15) is 9.59 Å². The van der Waals surface area contributed by atoms with Gasteiger partial charge in [-0.2, -0.15) is 0 Å². The van der Waals surface area contributed by atoms with Gasteiger partial charge >= 0.3 is 5.97 Å². The zero-order valence-electron chi connectivity index (χ0n) is 12.9. The van der Waals surface area contributed by atoms with E-state index in [0.29, 0.717) is 19.4 Å². The van der Waals surface area contributed by atoms with Gasteiger partial charge in [-0.3, -0.25) is 14.5 Å². The van der Waals surface area contributed by atoms with Crippen LogP contribution >= 0.6 is 0 Å². The van der Waals surface area contributed by atoms with E-state index in [0.717, 1.165) is 29.4 Å². The van der Waals surface area contributed by atoms with Gasteiger partial charge in [-0.05, 0) is 30.8 Å². The first kappa shape index (κ1) is 15.5. The molecule has 23 heavy (non-hydrogen) atoms. The number of hydrogen-bond donors (Lipinski definition) is 2. The molecule has 0 spiro atoms. The van der Waals surface area contributed by atoms with Crippen molar-refractivity contribution >= 4 is 28.3 Å². The molecule has 5 heteroatoms. The lowest BCUT2D eigenvalue weighted by molar-refractivity contribution is -0.142. The maximum absolute atomic E-state index is 12.2. The fraction of sp³-hybridized carbons (Fsp3) is 0.333. The molecule has 1 aliphatic rings. The number of benzene rings is 2. The number of anilines is 1. The maximum atomic E-state index is 12.2. The lowest BCUT2D eigenvalue weighted by Gasteiger charge is -2.20. The zero-order chi connectivity index (χ0) is 16.2. The second-order valence-corrected chi connectivity index (χ2v) is 5.86. The molecule has 2 aromatic carbocycles. The largest absolute Gasteiger partial charge is 0.480 e. The van der Waals surface area contributed by atoms with Crippen LogP contribution in [0.4, 0.5) is 5.69 Å². The summed E-state index contributed by atoms with van der Waals surface area (Å²) in [5, 5.41) is 14.2. The molecule has 120 valence electrons. The summed E-state index contributed by atoms with van der Waals surface area (Å²) in [6, 6.07) is 13.3. The lowest BCUT2D eigenvalue weighted by atomic mass is 10.1. The Bertz CT molecular complexity index is 724. The van der Waals surface area contributed by atoms with Gasteiger partial charge in [-0.15, -0.1) is 0 Å². The number of amides is 1. The average Bonchev–Trinajstić information content (AvgIpc) is 3.02. The average molecular weight is 312 g/mol. The van der Waals surface area contributed by atoms with Crippen LogP contribution in [0.2, 0.25) is 0 Å². The van der Waals surface area contributed by atoms with Crippen molar-refractivity contribution < 1.29 is 14.7 Å². The molecule has 1 saturated heterocycles. The van der Waals surface area contributed by atoms with Crippen LogP contribution in [0.3, 0.4) is 0 Å². The topological polar surface area (TPSA) is 69.6 Å². The highest BCUT2D eigenvalue weighted by molar-refractivity contribution is 6.02. The van der Waals surface area contributed by atoms with Crippen molar-refractivity contribution in [1.82, 2.24) is 4.90 Å². The van der Waals surface area contributed by atoms with E-state index < -0.39 is 12.0 Å². The van der Waals surface area contributed by atoms with Gasteiger partial charge in [0.05, 0.1) is 0 Å². The highest BCUT2D eigenvalue weighted by atomic mass is 16.4. The van der Waals surface area contributed by atoms with Crippen LogP contribution in [0.25, 0.3) is 10.8 Å². The molecule has 2 N–H and O–H groups in total. The van der Waals surface area contributed by atoms with E-state index in [-0.39, 0.29) is 5.91 Å². The Balaban J connectivity index is 1.62. The predicted octanol–water partition coefficient (Wildman–Crippen LogP) is 2.72. The molecule has 1 atom stereocenters. The number of carboxylic acids is 1. The van der Waals surface area contributed by atoms with Crippen molar-refractivity contribution in [3.63, 3.8) is 0 Å². The number of hydrogen-bond acceptors (Lipinski definition) is 3. The van der Waals surface area contributed by atoms with E-state index >= 15 is 0 Å². The van der Waals surface area contributed by atoms with Crippen LogP contribution in [0.15, 0.2) is 42.5 Å². The Hall–Kier alpha value is -2.40. The monoisotopic (exact) mass is 312 g/mol. The Morgan fingerprint density at radius 3 is 2.78 bits per heavy atom. The van der Waals surface area contributed by atoms with Gasteiger partial charge in [0.2, 0.25) is 5.91 Å². The molecule has 3 rings (SSSR count). The summed E-state index contributed by atoms with van der Waals surface area (Å²) in [5.74, 6) is -0.880. The normalized spacial score (nSPS) is 18.2. The van der Waals surface area contributed by atoms with E-state index in [1.165, 1.54) is 0 Å². The second kappa shape index (κ2) is 6.79. The molecule has 1 heterocycles. The van der Waals surface area contributed by atoms with Gasteiger partial charge in [-0.25, -0.2) is 0 Å². The second-order valence-electron chi connectivity index (χ2n) is 5.86. The summed E-state index contributed by atoms with van der Waals surface area (Å²) < 4.78 is 0. The maximum Gasteiger partial charge on any atom is 0.320 e. The molecule has 2 aromatic rings. The minimum atomic E-state index is -0.794. The number of carbonyl (C=O) groups is 2. The van der Waals surface area contributed by atoms with Crippen LogP contribution in [-0.2, 0) is 9.59 Å². The number of likely N-dealkylation sites (tertiary alicyclic amines) is 1. The SMILES string of the molecule is O=C(CCN1CCC[C@@H]1C(=O)O)Nc1cccc2ccccc12. The highest BCUT2D eigenvalue weighted by Crippen LogP contribution is 2.23. The highest BCUT2D eigenvalue weighted by Gasteiger charge is 2.30. The van der Waals surface area contributed by atoms with Gasteiger partial charge in [0.1, 0.15) is 6.04 Å². The third-order valence-electron chi connectivity index (χ3n) is 4.34. The van der Waals surface area contributed by atoms with E-state index in [1.54, 1.807) is 0 Å². The lowest BCUT2D eigenvalue weighted by Crippen LogP contribution is -2.37. The third kappa shape index (κ3) is 3.51. The van der Waals surface area contributed by atoms with E-state index in [1.807, 2.05) is 47.4 Å². The summed E-state index contributed by atoms with van der Waals surface area (Å²) in [5.41, 5.74) is 0.796. The molecule has 0 aliphatic carbocycles. The molecule has 0 radical (unpaired) electrons. The van der Waals surface area contributed by atoms with Crippen molar-refractivity contribution in [2.24, 2.45) is 0 Å². The Kier molecular flexibility index (Phi) is 4.57. The summed E-state index contributed by atoms with van der Waals surface area (Å²) >= 11 is 0. The first-order chi connectivity index (χ1) is 11.1. The van der Waals surface area contributed by atoms with Crippen LogP contribution in [0.1, 0.15) is 19.3 Å². The van der Waals surface area contributed by atoms with Crippen molar-refractivity contribution in [3.05, 3.63) is 42.5 Å². The van der Waals surface area contributed by atoms with Crippen molar-refractivity contribution in [3.8, 4) is 0 Å². The molecule has 0 bridgehead atoms. The number of nitrogens with zero attached hydrogens (tertiary/aromatic N) is 1. The zero-order valence-corrected chi connectivity index (χ0v) is 12.9. The number of carbonyl (C=O) groups excluding carboxylic acids is 1. The summed E-state index contributed by atoms with van der Waals surface area (Å²) in [6.45, 7) is 1.23. The smallest absolute Gasteiger partial charge is 0.320 e. The number of carboxylic acid groups (broad SMARTS) is 1.